The molecule has 1 aromatic carbocycles. The minimum absolute atomic E-state index is 0.0258. The third-order valence-electron chi connectivity index (χ3n) is 9.60. The molecule has 3 aliphatic rings. The van der Waals surface area contributed by atoms with E-state index in [0.29, 0.717) is 18.1 Å². The number of rotatable bonds is 9. The Hall–Kier alpha value is -1.64. The average Bonchev–Trinajstić information content (AvgIpc) is 2.92. The number of allylic oxidation sites excluding steroid dienone is 4. The predicted molar refractivity (Wildman–Crippen MR) is 146 cm³/mol. The van der Waals surface area contributed by atoms with E-state index >= 15 is 0 Å². The highest BCUT2D eigenvalue weighted by Gasteiger charge is 2.30. The summed E-state index contributed by atoms with van der Waals surface area (Å²) in [7, 11) is 0. The van der Waals surface area contributed by atoms with E-state index in [9.17, 15) is 8.78 Å². The summed E-state index contributed by atoms with van der Waals surface area (Å²) in [5.41, 5.74) is 0.531. The quantitative estimate of drug-likeness (QED) is 0.308. The lowest BCUT2D eigenvalue weighted by Crippen LogP contribution is -2.25. The van der Waals surface area contributed by atoms with Crippen molar-refractivity contribution in [1.29, 1.82) is 0 Å². The molecule has 3 aliphatic carbocycles. The van der Waals surface area contributed by atoms with E-state index in [1.165, 1.54) is 64.2 Å². The minimum Gasteiger partial charge on any atom is -0.491 e. The summed E-state index contributed by atoms with van der Waals surface area (Å²) in [5, 5.41) is 0. The molecule has 1 nitrogen and oxygen atoms in total. The first-order valence-corrected chi connectivity index (χ1v) is 15.0. The molecule has 0 bridgehead atoms. The molecule has 200 valence electrons. The lowest BCUT2D eigenvalue weighted by atomic mass is 9.68. The van der Waals surface area contributed by atoms with Crippen LogP contribution < -0.4 is 4.74 Å². The van der Waals surface area contributed by atoms with Crippen molar-refractivity contribution in [3.05, 3.63) is 53.6 Å². The van der Waals surface area contributed by atoms with Gasteiger partial charge in [-0.15, -0.1) is 0 Å². The van der Waals surface area contributed by atoms with Crippen molar-refractivity contribution in [2.24, 2.45) is 29.6 Å². The highest BCUT2D eigenvalue weighted by molar-refractivity contribution is 5.33. The monoisotopic (exact) mass is 498 g/mol. The van der Waals surface area contributed by atoms with Gasteiger partial charge in [-0.05, 0) is 138 Å². The van der Waals surface area contributed by atoms with Gasteiger partial charge in [0.1, 0.15) is 0 Å². The third kappa shape index (κ3) is 7.23. The summed E-state index contributed by atoms with van der Waals surface area (Å²) in [6, 6.07) is 3.33. The van der Waals surface area contributed by atoms with Crippen LogP contribution in [0.4, 0.5) is 8.78 Å². The molecule has 0 radical (unpaired) electrons. The van der Waals surface area contributed by atoms with Crippen molar-refractivity contribution in [1.82, 2.24) is 0 Å². The topological polar surface area (TPSA) is 9.23 Å². The summed E-state index contributed by atoms with van der Waals surface area (Å²) >= 11 is 0. The predicted octanol–water partition coefficient (Wildman–Crippen LogP) is 10.2. The fourth-order valence-corrected chi connectivity index (χ4v) is 7.32. The van der Waals surface area contributed by atoms with Gasteiger partial charge in [-0.2, -0.15) is 4.39 Å². The summed E-state index contributed by atoms with van der Waals surface area (Å²) in [6.45, 7) is 4.25. The molecule has 0 amide bonds. The Morgan fingerprint density at radius 2 is 1.36 bits per heavy atom. The van der Waals surface area contributed by atoms with Gasteiger partial charge in [-0.3, -0.25) is 0 Å². The van der Waals surface area contributed by atoms with Crippen molar-refractivity contribution in [2.45, 2.75) is 110 Å². The second kappa shape index (κ2) is 13.8. The Morgan fingerprint density at radius 1 is 0.778 bits per heavy atom. The maximum Gasteiger partial charge on any atom is 0.200 e. The lowest BCUT2D eigenvalue weighted by molar-refractivity contribution is 0.153. The fourth-order valence-electron chi connectivity index (χ4n) is 7.32. The smallest absolute Gasteiger partial charge is 0.200 e. The van der Waals surface area contributed by atoms with Crippen LogP contribution in [-0.4, -0.2) is 6.61 Å². The molecule has 3 fully saturated rings. The van der Waals surface area contributed by atoms with Gasteiger partial charge in [0.15, 0.2) is 11.6 Å². The van der Waals surface area contributed by atoms with Crippen LogP contribution in [0.1, 0.15) is 115 Å². The molecule has 0 aromatic heterocycles. The molecule has 0 spiro atoms. The van der Waals surface area contributed by atoms with E-state index in [4.69, 9.17) is 4.74 Å². The SMILES string of the molecule is C/C=C/CCC1CCC(C2CCC(/C=C/C3CCC(c4ccc(OCC)c(F)c4F)CC3)CC2)CC1. The number of benzene rings is 1. The van der Waals surface area contributed by atoms with Crippen molar-refractivity contribution in [3.63, 3.8) is 0 Å². The van der Waals surface area contributed by atoms with Crippen LogP contribution in [-0.2, 0) is 0 Å². The fraction of sp³-hybridized carbons (Fsp3) is 0.697. The second-order valence-electron chi connectivity index (χ2n) is 11.8. The van der Waals surface area contributed by atoms with Gasteiger partial charge in [0.05, 0.1) is 6.61 Å². The maximum absolute atomic E-state index is 14.6. The molecule has 0 atom stereocenters. The normalized spacial score (nSPS) is 31.8. The van der Waals surface area contributed by atoms with Gasteiger partial charge in [-0.25, -0.2) is 4.39 Å². The van der Waals surface area contributed by atoms with E-state index in [-0.39, 0.29) is 11.7 Å². The first-order valence-electron chi connectivity index (χ1n) is 15.0. The van der Waals surface area contributed by atoms with Crippen molar-refractivity contribution in [3.8, 4) is 5.75 Å². The molecule has 4 rings (SSSR count). The number of hydrogen-bond acceptors (Lipinski definition) is 1. The van der Waals surface area contributed by atoms with E-state index < -0.39 is 11.6 Å². The van der Waals surface area contributed by atoms with Crippen molar-refractivity contribution >= 4 is 0 Å². The highest BCUT2D eigenvalue weighted by Crippen LogP contribution is 2.43. The Balaban J connectivity index is 1.17. The maximum atomic E-state index is 14.6. The summed E-state index contributed by atoms with van der Waals surface area (Å²) in [5.74, 6) is 2.86. The lowest BCUT2D eigenvalue weighted by Gasteiger charge is -2.37. The van der Waals surface area contributed by atoms with Gasteiger partial charge in [-0.1, -0.05) is 43.2 Å². The molecule has 3 heteroatoms. The van der Waals surface area contributed by atoms with Crippen LogP contribution in [0.5, 0.6) is 5.75 Å². The Kier molecular flexibility index (Phi) is 10.5. The Morgan fingerprint density at radius 3 is 1.94 bits per heavy atom. The molecular formula is C33H48F2O. The zero-order valence-electron chi connectivity index (χ0n) is 22.7. The second-order valence-corrected chi connectivity index (χ2v) is 11.8. The number of halogens is 2. The zero-order chi connectivity index (χ0) is 25.3. The van der Waals surface area contributed by atoms with Gasteiger partial charge >= 0.3 is 0 Å². The Labute approximate surface area is 218 Å². The third-order valence-corrected chi connectivity index (χ3v) is 9.60. The van der Waals surface area contributed by atoms with Crippen LogP contribution in [0.2, 0.25) is 0 Å². The van der Waals surface area contributed by atoms with E-state index in [1.54, 1.807) is 19.1 Å². The molecule has 0 N–H and O–H groups in total. The highest BCUT2D eigenvalue weighted by atomic mass is 19.2. The molecule has 0 unspecified atom stereocenters. The molecular weight excluding hydrogens is 450 g/mol. The standard InChI is InChI=1S/C33H48F2O/c1-3-5-6-7-24-10-16-27(17-11-24)28-18-12-25(13-19-28)8-9-26-14-20-29(21-15-26)30-22-23-31(36-4-2)33(35)32(30)34/h3,5,8-9,22-29H,4,6-7,10-21H2,1-2H3/b5-3+,9-8+. The van der Waals surface area contributed by atoms with Crippen LogP contribution in [0, 0.1) is 41.2 Å². The summed E-state index contributed by atoms with van der Waals surface area (Å²) in [6.07, 6.45) is 27.5. The van der Waals surface area contributed by atoms with E-state index in [2.05, 4.69) is 31.2 Å². The van der Waals surface area contributed by atoms with Crippen LogP contribution in [0.3, 0.4) is 0 Å². The van der Waals surface area contributed by atoms with E-state index in [0.717, 1.165) is 49.4 Å². The summed E-state index contributed by atoms with van der Waals surface area (Å²) < 4.78 is 34.2. The number of ether oxygens (including phenoxy) is 1. The molecule has 0 heterocycles. The first kappa shape index (κ1) is 27.4. The average molecular weight is 499 g/mol. The van der Waals surface area contributed by atoms with Gasteiger partial charge in [0.2, 0.25) is 5.82 Å². The van der Waals surface area contributed by atoms with Crippen LogP contribution in [0.25, 0.3) is 0 Å². The first-order chi connectivity index (χ1) is 17.6. The van der Waals surface area contributed by atoms with Gasteiger partial charge in [0.25, 0.3) is 0 Å². The van der Waals surface area contributed by atoms with Gasteiger partial charge < -0.3 is 4.74 Å². The largest absolute Gasteiger partial charge is 0.491 e. The van der Waals surface area contributed by atoms with Crippen LogP contribution in [0.15, 0.2) is 36.4 Å². The minimum atomic E-state index is -0.829. The Bertz CT molecular complexity index is 851. The molecule has 36 heavy (non-hydrogen) atoms. The van der Waals surface area contributed by atoms with Crippen molar-refractivity contribution in [2.75, 3.05) is 6.61 Å². The molecule has 0 aliphatic heterocycles. The molecule has 1 aromatic rings. The van der Waals surface area contributed by atoms with Crippen LogP contribution >= 0.6 is 0 Å². The van der Waals surface area contributed by atoms with Gasteiger partial charge in [0, 0.05) is 0 Å². The molecule has 0 saturated heterocycles. The van der Waals surface area contributed by atoms with Crippen molar-refractivity contribution < 1.29 is 13.5 Å². The summed E-state index contributed by atoms with van der Waals surface area (Å²) in [4.78, 5) is 0. The van der Waals surface area contributed by atoms with E-state index in [1.807, 2.05) is 0 Å². The number of hydrogen-bond donors (Lipinski definition) is 0. The zero-order valence-corrected chi connectivity index (χ0v) is 22.7. The molecule has 3 saturated carbocycles.